The largest absolute Gasteiger partial charge is 0.497 e. The van der Waals surface area contributed by atoms with E-state index in [2.05, 4.69) is 5.32 Å². The molecule has 1 heterocycles. The van der Waals surface area contributed by atoms with E-state index in [0.717, 1.165) is 25.7 Å². The first-order valence-electron chi connectivity index (χ1n) is 11.6. The van der Waals surface area contributed by atoms with Crippen molar-refractivity contribution >= 4 is 17.5 Å². The van der Waals surface area contributed by atoms with Crippen molar-refractivity contribution in [1.29, 1.82) is 0 Å². The Balaban J connectivity index is 1.84. The van der Waals surface area contributed by atoms with Crippen LogP contribution in [0.1, 0.15) is 47.8 Å². The molecule has 2 aromatic carbocycles. The van der Waals surface area contributed by atoms with Gasteiger partial charge < -0.3 is 23.9 Å². The maximum Gasteiger partial charge on any atom is 0.294 e. The number of rotatable bonds is 9. The number of nitrogens with one attached hydrogen (secondary N) is 1. The highest BCUT2D eigenvalue weighted by atomic mass is 16.5. The smallest absolute Gasteiger partial charge is 0.294 e. The van der Waals surface area contributed by atoms with Crippen molar-refractivity contribution in [2.45, 2.75) is 37.8 Å². The molecule has 0 bridgehead atoms. The van der Waals surface area contributed by atoms with E-state index >= 15 is 0 Å². The molecule has 0 saturated heterocycles. The number of methoxy groups -OCH3 is 3. The fourth-order valence-corrected chi connectivity index (χ4v) is 4.44. The molecule has 2 amide bonds. The molecule has 8 nitrogen and oxygen atoms in total. The van der Waals surface area contributed by atoms with Crippen LogP contribution in [0.2, 0.25) is 0 Å². The number of furan rings is 1. The predicted molar refractivity (Wildman–Crippen MR) is 131 cm³/mol. The molecule has 1 saturated carbocycles. The van der Waals surface area contributed by atoms with Crippen LogP contribution in [0.3, 0.4) is 0 Å². The molecule has 1 N–H and O–H groups in total. The first-order valence-corrected chi connectivity index (χ1v) is 11.6. The number of amides is 2. The maximum absolute atomic E-state index is 13.8. The molecule has 35 heavy (non-hydrogen) atoms. The molecule has 8 heteroatoms. The summed E-state index contributed by atoms with van der Waals surface area (Å²) in [4.78, 5) is 29.0. The number of anilines is 1. The summed E-state index contributed by atoms with van der Waals surface area (Å²) in [5.74, 6) is 1.03. The van der Waals surface area contributed by atoms with Crippen LogP contribution in [0, 0.1) is 0 Å². The summed E-state index contributed by atoms with van der Waals surface area (Å²) in [7, 11) is 4.65. The number of carbonyl (C=O) groups is 2. The van der Waals surface area contributed by atoms with Gasteiger partial charge in [-0.3, -0.25) is 14.5 Å². The van der Waals surface area contributed by atoms with Crippen molar-refractivity contribution in [2.24, 2.45) is 0 Å². The quantitative estimate of drug-likeness (QED) is 0.477. The number of benzene rings is 2. The lowest BCUT2D eigenvalue weighted by Gasteiger charge is -2.32. The van der Waals surface area contributed by atoms with Gasteiger partial charge in [-0.2, -0.15) is 0 Å². The summed E-state index contributed by atoms with van der Waals surface area (Å²) in [6.07, 6.45) is 5.40. The Morgan fingerprint density at radius 2 is 1.66 bits per heavy atom. The Morgan fingerprint density at radius 3 is 2.26 bits per heavy atom. The third kappa shape index (κ3) is 5.26. The zero-order valence-electron chi connectivity index (χ0n) is 20.2. The predicted octanol–water partition coefficient (Wildman–Crippen LogP) is 4.75. The van der Waals surface area contributed by atoms with Crippen LogP contribution in [-0.2, 0) is 4.79 Å². The first kappa shape index (κ1) is 24.2. The van der Waals surface area contributed by atoms with Crippen molar-refractivity contribution in [3.63, 3.8) is 0 Å². The van der Waals surface area contributed by atoms with Crippen LogP contribution in [0.5, 0.6) is 17.2 Å². The molecule has 4 rings (SSSR count). The summed E-state index contributed by atoms with van der Waals surface area (Å²) in [5, 5.41) is 3.16. The molecule has 1 aliphatic carbocycles. The van der Waals surface area contributed by atoms with Gasteiger partial charge in [-0.05, 0) is 66.9 Å². The standard InChI is InChI=1S/C27H30N2O6/c1-32-21-13-11-20(12-14-21)29(27(31)23-9-6-16-35-23)25(26(30)28-19-7-4-5-8-19)18-10-15-22(33-2)24(17-18)34-3/h6,9-17,19,25H,4-5,7-8H2,1-3H3,(H,28,30)/t25-/m0/s1. The van der Waals surface area contributed by atoms with Gasteiger partial charge in [-0.25, -0.2) is 0 Å². The lowest BCUT2D eigenvalue weighted by Crippen LogP contribution is -2.46. The molecule has 1 atom stereocenters. The third-order valence-corrected chi connectivity index (χ3v) is 6.23. The lowest BCUT2D eigenvalue weighted by molar-refractivity contribution is -0.123. The summed E-state index contributed by atoms with van der Waals surface area (Å²) >= 11 is 0. The van der Waals surface area contributed by atoms with Crippen molar-refractivity contribution in [1.82, 2.24) is 5.32 Å². The second kappa shape index (κ2) is 11.0. The van der Waals surface area contributed by atoms with E-state index in [0.29, 0.717) is 28.5 Å². The van der Waals surface area contributed by atoms with Gasteiger partial charge in [-0.15, -0.1) is 0 Å². The monoisotopic (exact) mass is 478 g/mol. The van der Waals surface area contributed by atoms with Gasteiger partial charge in [-0.1, -0.05) is 18.9 Å². The van der Waals surface area contributed by atoms with Crippen molar-refractivity contribution in [3.05, 3.63) is 72.2 Å². The Hall–Kier alpha value is -3.94. The van der Waals surface area contributed by atoms with E-state index in [-0.39, 0.29) is 17.7 Å². The lowest BCUT2D eigenvalue weighted by atomic mass is 10.0. The molecular weight excluding hydrogens is 448 g/mol. The molecule has 1 aromatic heterocycles. The van der Waals surface area contributed by atoms with E-state index in [9.17, 15) is 9.59 Å². The van der Waals surface area contributed by atoms with Crippen molar-refractivity contribution in [2.75, 3.05) is 26.2 Å². The van der Waals surface area contributed by atoms with Crippen LogP contribution in [0.25, 0.3) is 0 Å². The highest BCUT2D eigenvalue weighted by Gasteiger charge is 2.36. The minimum atomic E-state index is -0.985. The minimum absolute atomic E-state index is 0.0709. The third-order valence-electron chi connectivity index (χ3n) is 6.23. The summed E-state index contributed by atoms with van der Waals surface area (Å²) < 4.78 is 21.6. The van der Waals surface area contributed by atoms with Gasteiger partial charge >= 0.3 is 0 Å². The second-order valence-electron chi connectivity index (χ2n) is 8.36. The molecule has 184 valence electrons. The van der Waals surface area contributed by atoms with E-state index in [4.69, 9.17) is 18.6 Å². The molecule has 0 unspecified atom stereocenters. The van der Waals surface area contributed by atoms with Gasteiger partial charge in [0.15, 0.2) is 17.3 Å². The fourth-order valence-electron chi connectivity index (χ4n) is 4.44. The zero-order chi connectivity index (χ0) is 24.8. The maximum atomic E-state index is 13.8. The van der Waals surface area contributed by atoms with E-state index in [1.54, 1.807) is 68.8 Å². The SMILES string of the molecule is COc1ccc(N(C(=O)c2ccco2)[C@H](C(=O)NC2CCCC2)c2ccc(OC)c(OC)c2)cc1. The average Bonchev–Trinajstić information content (AvgIpc) is 3.61. The van der Waals surface area contributed by atoms with Gasteiger partial charge in [0.05, 0.1) is 27.6 Å². The van der Waals surface area contributed by atoms with E-state index < -0.39 is 11.9 Å². The van der Waals surface area contributed by atoms with Crippen LogP contribution in [0.15, 0.2) is 65.3 Å². The summed E-state index contributed by atoms with van der Waals surface area (Å²) in [5.41, 5.74) is 1.10. The average molecular weight is 479 g/mol. The highest BCUT2D eigenvalue weighted by Crippen LogP contribution is 2.36. The molecule has 0 spiro atoms. The van der Waals surface area contributed by atoms with Gasteiger partial charge in [0.1, 0.15) is 11.8 Å². The van der Waals surface area contributed by atoms with Crippen LogP contribution in [0.4, 0.5) is 5.69 Å². The molecule has 1 fully saturated rings. The summed E-state index contributed by atoms with van der Waals surface area (Å²) in [6, 6.07) is 14.5. The Kier molecular flexibility index (Phi) is 7.60. The first-order chi connectivity index (χ1) is 17.0. The highest BCUT2D eigenvalue weighted by molar-refractivity contribution is 6.08. The second-order valence-corrected chi connectivity index (χ2v) is 8.36. The van der Waals surface area contributed by atoms with E-state index in [1.165, 1.54) is 18.3 Å². The number of hydrogen-bond donors (Lipinski definition) is 1. The molecule has 0 aliphatic heterocycles. The number of ether oxygens (including phenoxy) is 3. The van der Waals surface area contributed by atoms with E-state index in [1.807, 2.05) is 0 Å². The molecular formula is C27H30N2O6. The number of nitrogens with zero attached hydrogens (tertiary/aromatic N) is 1. The van der Waals surface area contributed by atoms with Crippen LogP contribution < -0.4 is 24.4 Å². The fraction of sp³-hybridized carbons (Fsp3) is 0.333. The van der Waals surface area contributed by atoms with Crippen LogP contribution in [-0.4, -0.2) is 39.2 Å². The number of carbonyl (C=O) groups excluding carboxylic acids is 2. The van der Waals surface area contributed by atoms with Gasteiger partial charge in [0.2, 0.25) is 5.91 Å². The zero-order valence-corrected chi connectivity index (χ0v) is 20.2. The van der Waals surface area contributed by atoms with Crippen molar-refractivity contribution < 1.29 is 28.2 Å². The number of hydrogen-bond acceptors (Lipinski definition) is 6. The Bertz CT molecular complexity index is 1140. The minimum Gasteiger partial charge on any atom is -0.497 e. The molecule has 0 radical (unpaired) electrons. The van der Waals surface area contributed by atoms with Gasteiger partial charge in [0, 0.05) is 11.7 Å². The Labute approximate surface area is 204 Å². The summed E-state index contributed by atoms with van der Waals surface area (Å²) in [6.45, 7) is 0. The molecule has 3 aromatic rings. The molecule has 1 aliphatic rings. The Morgan fingerprint density at radius 1 is 0.943 bits per heavy atom. The van der Waals surface area contributed by atoms with Crippen molar-refractivity contribution in [3.8, 4) is 17.2 Å². The van der Waals surface area contributed by atoms with Crippen LogP contribution >= 0.6 is 0 Å². The topological polar surface area (TPSA) is 90.2 Å². The normalized spacial score (nSPS) is 14.3. The van der Waals surface area contributed by atoms with Gasteiger partial charge in [0.25, 0.3) is 5.91 Å².